The number of esters is 2. The zero-order chi connectivity index (χ0) is 17.7. The van der Waals surface area contributed by atoms with Crippen LogP contribution in [0.25, 0.3) is 0 Å². The van der Waals surface area contributed by atoms with Gasteiger partial charge in [-0.05, 0) is 24.1 Å². The van der Waals surface area contributed by atoms with Gasteiger partial charge in [-0.3, -0.25) is 19.3 Å². The summed E-state index contributed by atoms with van der Waals surface area (Å²) in [6.07, 6.45) is -0.758. The van der Waals surface area contributed by atoms with Crippen molar-refractivity contribution in [1.29, 1.82) is 0 Å². The summed E-state index contributed by atoms with van der Waals surface area (Å²) in [5, 5.41) is 0. The molecule has 1 aromatic rings. The quantitative estimate of drug-likeness (QED) is 0.761. The number of ether oxygens (including phenoxy) is 3. The van der Waals surface area contributed by atoms with Crippen LogP contribution in [-0.2, 0) is 30.4 Å². The fourth-order valence-electron chi connectivity index (χ4n) is 2.63. The van der Waals surface area contributed by atoms with Crippen LogP contribution >= 0.6 is 0 Å². The van der Waals surface area contributed by atoms with Crippen molar-refractivity contribution < 1.29 is 28.6 Å². The molecule has 1 amide bonds. The van der Waals surface area contributed by atoms with E-state index in [9.17, 15) is 14.4 Å². The Morgan fingerprint density at radius 2 is 1.71 bits per heavy atom. The van der Waals surface area contributed by atoms with Gasteiger partial charge in [0.15, 0.2) is 12.3 Å². The lowest BCUT2D eigenvalue weighted by Gasteiger charge is -2.37. The molecule has 1 unspecified atom stereocenters. The van der Waals surface area contributed by atoms with E-state index >= 15 is 0 Å². The fourth-order valence-corrected chi connectivity index (χ4v) is 2.63. The minimum Gasteiger partial charge on any atom is -0.497 e. The highest BCUT2D eigenvalue weighted by atomic mass is 16.6. The smallest absolute Gasteiger partial charge is 0.304 e. The lowest BCUT2D eigenvalue weighted by molar-refractivity contribution is -0.183. The Morgan fingerprint density at radius 1 is 1.08 bits per heavy atom. The van der Waals surface area contributed by atoms with Crippen molar-refractivity contribution in [2.75, 3.05) is 7.11 Å². The first kappa shape index (κ1) is 17.8. The van der Waals surface area contributed by atoms with E-state index in [1.807, 2.05) is 12.1 Å². The molecular weight excluding hydrogens is 314 g/mol. The molecule has 0 radical (unpaired) electrons. The second kappa shape index (κ2) is 7.81. The third-order valence-electron chi connectivity index (χ3n) is 3.70. The van der Waals surface area contributed by atoms with Crippen LogP contribution in [0.5, 0.6) is 5.75 Å². The number of rotatable bonds is 5. The number of carbonyl (C=O) groups excluding carboxylic acids is 3. The first-order valence-electron chi connectivity index (χ1n) is 7.68. The molecule has 0 aliphatic carbocycles. The van der Waals surface area contributed by atoms with Gasteiger partial charge in [-0.1, -0.05) is 12.1 Å². The molecule has 0 spiro atoms. The van der Waals surface area contributed by atoms with Crippen molar-refractivity contribution in [2.45, 2.75) is 45.6 Å². The molecule has 2 atom stereocenters. The summed E-state index contributed by atoms with van der Waals surface area (Å²) in [4.78, 5) is 36.5. The number of benzene rings is 1. The summed E-state index contributed by atoms with van der Waals surface area (Å²) < 4.78 is 15.4. The molecule has 0 aromatic heterocycles. The predicted molar refractivity (Wildman–Crippen MR) is 83.9 cm³/mol. The summed E-state index contributed by atoms with van der Waals surface area (Å²) in [6, 6.07) is 7.22. The predicted octanol–water partition coefficient (Wildman–Crippen LogP) is 1.64. The largest absolute Gasteiger partial charge is 0.497 e. The van der Waals surface area contributed by atoms with E-state index in [-0.39, 0.29) is 12.5 Å². The maximum atomic E-state index is 12.6. The van der Waals surface area contributed by atoms with Gasteiger partial charge in [-0.2, -0.15) is 0 Å². The highest BCUT2D eigenvalue weighted by molar-refractivity contribution is 5.84. The molecular formula is C17H21NO6. The Kier molecular flexibility index (Phi) is 5.78. The molecule has 1 aliphatic rings. The average Bonchev–Trinajstić information content (AvgIpc) is 2.53. The van der Waals surface area contributed by atoms with Crippen LogP contribution in [0.4, 0.5) is 0 Å². The van der Waals surface area contributed by atoms with E-state index < -0.39 is 24.3 Å². The number of hydrogen-bond donors (Lipinski definition) is 0. The van der Waals surface area contributed by atoms with Gasteiger partial charge < -0.3 is 14.2 Å². The number of hydrogen-bond acceptors (Lipinski definition) is 6. The van der Waals surface area contributed by atoms with E-state index in [1.165, 1.54) is 18.7 Å². The minimum atomic E-state index is -0.840. The van der Waals surface area contributed by atoms with Gasteiger partial charge in [0, 0.05) is 26.8 Å². The van der Waals surface area contributed by atoms with Crippen molar-refractivity contribution >= 4 is 17.8 Å². The molecule has 1 aromatic carbocycles. The van der Waals surface area contributed by atoms with Gasteiger partial charge in [-0.25, -0.2) is 0 Å². The van der Waals surface area contributed by atoms with Gasteiger partial charge in [0.25, 0.3) is 5.91 Å². The zero-order valence-corrected chi connectivity index (χ0v) is 14.0. The molecule has 1 saturated heterocycles. The first-order chi connectivity index (χ1) is 11.4. The third kappa shape index (κ3) is 4.47. The molecule has 1 heterocycles. The lowest BCUT2D eigenvalue weighted by Crippen LogP contribution is -2.52. The number of piperidine rings is 1. The van der Waals surface area contributed by atoms with Crippen LogP contribution < -0.4 is 4.74 Å². The standard InChI is InChI=1S/C17H21NO6/c1-11(19)23-15-8-9-16(24-12(2)20)18(17(15)21)10-13-4-6-14(22-3)7-5-13/h4-7,15-16H,8-10H2,1-3H3/t15-,16?/m0/s1. The van der Waals surface area contributed by atoms with Crippen molar-refractivity contribution in [1.82, 2.24) is 4.90 Å². The normalized spacial score (nSPS) is 20.5. The number of nitrogens with zero attached hydrogens (tertiary/aromatic N) is 1. The van der Waals surface area contributed by atoms with E-state index in [0.717, 1.165) is 5.56 Å². The number of methoxy groups -OCH3 is 1. The van der Waals surface area contributed by atoms with Crippen LogP contribution in [-0.4, -0.2) is 42.2 Å². The number of amides is 1. The van der Waals surface area contributed by atoms with Crippen LogP contribution in [0.15, 0.2) is 24.3 Å². The summed E-state index contributed by atoms with van der Waals surface area (Å²) >= 11 is 0. The molecule has 7 nitrogen and oxygen atoms in total. The van der Waals surface area contributed by atoms with Gasteiger partial charge in [0.1, 0.15) is 5.75 Å². The Morgan fingerprint density at radius 3 is 2.25 bits per heavy atom. The molecule has 1 fully saturated rings. The van der Waals surface area contributed by atoms with Gasteiger partial charge >= 0.3 is 11.9 Å². The van der Waals surface area contributed by atoms with Crippen LogP contribution in [0.2, 0.25) is 0 Å². The average molecular weight is 335 g/mol. The molecule has 0 saturated carbocycles. The third-order valence-corrected chi connectivity index (χ3v) is 3.70. The van der Waals surface area contributed by atoms with Gasteiger partial charge in [-0.15, -0.1) is 0 Å². The SMILES string of the molecule is COc1ccc(CN2C(=O)[C@@H](OC(C)=O)CCC2OC(C)=O)cc1. The first-order valence-corrected chi connectivity index (χ1v) is 7.68. The fraction of sp³-hybridized carbons (Fsp3) is 0.471. The number of carbonyl (C=O) groups is 3. The summed E-state index contributed by atoms with van der Waals surface area (Å²) in [6.45, 7) is 2.81. The Hall–Kier alpha value is -2.57. The Labute approximate surface area is 140 Å². The van der Waals surface area contributed by atoms with E-state index in [4.69, 9.17) is 14.2 Å². The van der Waals surface area contributed by atoms with E-state index in [1.54, 1.807) is 19.2 Å². The van der Waals surface area contributed by atoms with Gasteiger partial charge in [0.05, 0.1) is 7.11 Å². The molecule has 2 rings (SSSR count). The zero-order valence-electron chi connectivity index (χ0n) is 14.0. The highest BCUT2D eigenvalue weighted by Crippen LogP contribution is 2.25. The molecule has 0 bridgehead atoms. The maximum Gasteiger partial charge on any atom is 0.304 e. The van der Waals surface area contributed by atoms with Crippen molar-refractivity contribution in [3.05, 3.63) is 29.8 Å². The Balaban J connectivity index is 2.17. The molecule has 7 heteroatoms. The van der Waals surface area contributed by atoms with E-state index in [0.29, 0.717) is 18.6 Å². The monoisotopic (exact) mass is 335 g/mol. The van der Waals surface area contributed by atoms with Crippen LogP contribution in [0.1, 0.15) is 32.3 Å². The van der Waals surface area contributed by atoms with Crippen molar-refractivity contribution in [2.24, 2.45) is 0 Å². The highest BCUT2D eigenvalue weighted by Gasteiger charge is 2.38. The summed E-state index contributed by atoms with van der Waals surface area (Å²) in [5.41, 5.74) is 0.852. The Bertz CT molecular complexity index is 612. The van der Waals surface area contributed by atoms with Crippen LogP contribution in [0.3, 0.4) is 0 Å². The van der Waals surface area contributed by atoms with Crippen molar-refractivity contribution in [3.8, 4) is 5.75 Å². The van der Waals surface area contributed by atoms with Gasteiger partial charge in [0.2, 0.25) is 0 Å². The van der Waals surface area contributed by atoms with Crippen molar-refractivity contribution in [3.63, 3.8) is 0 Å². The summed E-state index contributed by atoms with van der Waals surface area (Å²) in [5.74, 6) is -0.626. The molecule has 1 aliphatic heterocycles. The second-order valence-electron chi connectivity index (χ2n) is 5.55. The molecule has 0 N–H and O–H groups in total. The summed E-state index contributed by atoms with van der Waals surface area (Å²) in [7, 11) is 1.57. The molecule has 130 valence electrons. The second-order valence-corrected chi connectivity index (χ2v) is 5.55. The maximum absolute atomic E-state index is 12.6. The van der Waals surface area contributed by atoms with Crippen LogP contribution in [0, 0.1) is 0 Å². The topological polar surface area (TPSA) is 82.1 Å². The molecule has 24 heavy (non-hydrogen) atoms. The minimum absolute atomic E-state index is 0.249. The number of likely N-dealkylation sites (tertiary alicyclic amines) is 1. The van der Waals surface area contributed by atoms with E-state index in [2.05, 4.69) is 0 Å². The lowest BCUT2D eigenvalue weighted by atomic mass is 10.0.